The molecule has 0 amide bonds. The molecule has 0 saturated carbocycles. The van der Waals surface area contributed by atoms with E-state index in [1.807, 2.05) is 6.07 Å². The van der Waals surface area contributed by atoms with Gasteiger partial charge >= 0.3 is 0 Å². The Balaban J connectivity index is 1.95. The normalized spacial score (nSPS) is 11.0. The Morgan fingerprint density at radius 1 is 1.26 bits per heavy atom. The van der Waals surface area contributed by atoms with Gasteiger partial charge in [-0.05, 0) is 50.4 Å². The summed E-state index contributed by atoms with van der Waals surface area (Å²) in [5, 5.41) is 3.35. The zero-order valence-electron chi connectivity index (χ0n) is 10.8. The molecule has 0 radical (unpaired) electrons. The van der Waals surface area contributed by atoms with Crippen LogP contribution in [0, 0.1) is 0 Å². The molecule has 0 unspecified atom stereocenters. The van der Waals surface area contributed by atoms with Gasteiger partial charge < -0.3 is 5.32 Å². The molecule has 1 N–H and O–H groups in total. The van der Waals surface area contributed by atoms with E-state index >= 15 is 0 Å². The lowest BCUT2D eigenvalue weighted by atomic mass is 10.2. The van der Waals surface area contributed by atoms with Gasteiger partial charge in [0.2, 0.25) is 0 Å². The Bertz CT molecular complexity index is 555. The number of nitrogens with zero attached hydrogens (tertiary/aromatic N) is 2. The lowest BCUT2D eigenvalue weighted by Gasteiger charge is -2.09. The van der Waals surface area contributed by atoms with Crippen LogP contribution in [0.15, 0.2) is 26.6 Å². The zero-order valence-corrected chi connectivity index (χ0v) is 14.8. The molecular formula is C13H15Br2N3S. The predicted molar refractivity (Wildman–Crippen MR) is 88.0 cm³/mol. The molecule has 2 heterocycles. The number of anilines is 1. The third-order valence-electron chi connectivity index (χ3n) is 2.53. The SMILES string of the molecule is CC(C)c1nc(Br)cc(NCCc2ccc(Br)s2)n1. The fourth-order valence-electron chi connectivity index (χ4n) is 1.58. The second-order valence-electron chi connectivity index (χ2n) is 4.47. The minimum Gasteiger partial charge on any atom is -0.370 e. The van der Waals surface area contributed by atoms with Crippen molar-refractivity contribution in [2.24, 2.45) is 0 Å². The molecule has 2 aromatic heterocycles. The summed E-state index contributed by atoms with van der Waals surface area (Å²) in [5.74, 6) is 2.06. The van der Waals surface area contributed by atoms with Gasteiger partial charge in [0.1, 0.15) is 16.2 Å². The van der Waals surface area contributed by atoms with Crippen LogP contribution < -0.4 is 5.32 Å². The Morgan fingerprint density at radius 3 is 2.68 bits per heavy atom. The second-order valence-corrected chi connectivity index (χ2v) is 7.83. The maximum atomic E-state index is 4.51. The molecule has 0 aliphatic heterocycles. The van der Waals surface area contributed by atoms with Crippen LogP contribution in [0.3, 0.4) is 0 Å². The van der Waals surface area contributed by atoms with Crippen LogP contribution in [0.5, 0.6) is 0 Å². The van der Waals surface area contributed by atoms with Crippen LogP contribution in [-0.4, -0.2) is 16.5 Å². The molecule has 0 bridgehead atoms. The quantitative estimate of drug-likeness (QED) is 0.724. The van der Waals surface area contributed by atoms with Crippen molar-refractivity contribution in [2.45, 2.75) is 26.2 Å². The van der Waals surface area contributed by atoms with Gasteiger partial charge in [0.25, 0.3) is 0 Å². The number of nitrogens with one attached hydrogen (secondary N) is 1. The molecule has 2 rings (SSSR count). The first-order valence-electron chi connectivity index (χ1n) is 6.07. The Labute approximate surface area is 134 Å². The van der Waals surface area contributed by atoms with E-state index in [0.29, 0.717) is 5.92 Å². The standard InChI is InChI=1S/C13H15Br2N3S/c1-8(2)13-17-10(14)7-12(18-13)16-6-5-9-3-4-11(15)19-9/h3-4,7-8H,5-6H2,1-2H3,(H,16,17,18). The highest BCUT2D eigenvalue weighted by atomic mass is 79.9. The number of rotatable bonds is 5. The van der Waals surface area contributed by atoms with E-state index < -0.39 is 0 Å². The summed E-state index contributed by atoms with van der Waals surface area (Å²) in [6, 6.07) is 6.14. The lowest BCUT2D eigenvalue weighted by Crippen LogP contribution is -2.08. The third kappa shape index (κ3) is 4.54. The summed E-state index contributed by atoms with van der Waals surface area (Å²) < 4.78 is 2.00. The maximum absolute atomic E-state index is 4.51. The van der Waals surface area contributed by atoms with Crippen LogP contribution in [-0.2, 0) is 6.42 Å². The molecule has 0 fully saturated rings. The van der Waals surface area contributed by atoms with Gasteiger partial charge in [0.05, 0.1) is 3.79 Å². The molecule has 0 aliphatic carbocycles. The van der Waals surface area contributed by atoms with Crippen molar-refractivity contribution in [1.29, 1.82) is 0 Å². The summed E-state index contributed by atoms with van der Waals surface area (Å²) >= 11 is 8.67. The molecule has 0 saturated heterocycles. The molecule has 3 nitrogen and oxygen atoms in total. The van der Waals surface area contributed by atoms with Crippen LogP contribution in [0.1, 0.15) is 30.5 Å². The first kappa shape index (κ1) is 14.9. The fourth-order valence-corrected chi connectivity index (χ4v) is 3.47. The number of hydrogen-bond donors (Lipinski definition) is 1. The first-order chi connectivity index (χ1) is 9.04. The summed E-state index contributed by atoms with van der Waals surface area (Å²) in [7, 11) is 0. The summed E-state index contributed by atoms with van der Waals surface area (Å²) in [5.41, 5.74) is 0. The maximum Gasteiger partial charge on any atom is 0.134 e. The van der Waals surface area contributed by atoms with Gasteiger partial charge in [-0.2, -0.15) is 0 Å². The Morgan fingerprint density at radius 2 is 2.05 bits per heavy atom. The van der Waals surface area contributed by atoms with Crippen molar-refractivity contribution < 1.29 is 0 Å². The molecule has 0 spiro atoms. The second kappa shape index (κ2) is 6.81. The third-order valence-corrected chi connectivity index (χ3v) is 4.62. The van der Waals surface area contributed by atoms with E-state index in [9.17, 15) is 0 Å². The fraction of sp³-hybridized carbons (Fsp3) is 0.385. The molecular weight excluding hydrogens is 390 g/mol. The minimum atomic E-state index is 0.325. The molecule has 0 aliphatic rings. The number of hydrogen-bond acceptors (Lipinski definition) is 4. The lowest BCUT2D eigenvalue weighted by molar-refractivity contribution is 0.769. The molecule has 2 aromatic rings. The van der Waals surface area contributed by atoms with Crippen LogP contribution in [0.4, 0.5) is 5.82 Å². The van der Waals surface area contributed by atoms with Crippen LogP contribution in [0.25, 0.3) is 0 Å². The van der Waals surface area contributed by atoms with E-state index in [1.165, 1.54) is 8.66 Å². The Kier molecular flexibility index (Phi) is 5.36. The topological polar surface area (TPSA) is 37.8 Å². The number of halogens is 2. The predicted octanol–water partition coefficient (Wildman–Crippen LogP) is 4.84. The van der Waals surface area contributed by atoms with Gasteiger partial charge in [-0.15, -0.1) is 11.3 Å². The zero-order chi connectivity index (χ0) is 13.8. The van der Waals surface area contributed by atoms with Crippen molar-refractivity contribution in [2.75, 3.05) is 11.9 Å². The molecule has 102 valence electrons. The highest BCUT2D eigenvalue weighted by Crippen LogP contribution is 2.22. The largest absolute Gasteiger partial charge is 0.370 e. The average Bonchev–Trinajstić information content (AvgIpc) is 2.74. The molecule has 6 heteroatoms. The van der Waals surface area contributed by atoms with Gasteiger partial charge in [0.15, 0.2) is 0 Å². The first-order valence-corrected chi connectivity index (χ1v) is 8.47. The molecule has 0 atom stereocenters. The highest BCUT2D eigenvalue weighted by Gasteiger charge is 2.06. The molecule has 0 aromatic carbocycles. The van der Waals surface area contributed by atoms with E-state index in [-0.39, 0.29) is 0 Å². The minimum absolute atomic E-state index is 0.325. The Hall–Kier alpha value is -0.460. The number of thiophene rings is 1. The van der Waals surface area contributed by atoms with Gasteiger partial charge in [0, 0.05) is 23.4 Å². The highest BCUT2D eigenvalue weighted by molar-refractivity contribution is 9.11. The van der Waals surface area contributed by atoms with Crippen LogP contribution in [0.2, 0.25) is 0 Å². The van der Waals surface area contributed by atoms with Crippen molar-refractivity contribution in [3.8, 4) is 0 Å². The molecule has 19 heavy (non-hydrogen) atoms. The van der Waals surface area contributed by atoms with E-state index in [2.05, 4.69) is 73.1 Å². The van der Waals surface area contributed by atoms with Gasteiger partial charge in [-0.3, -0.25) is 0 Å². The van der Waals surface area contributed by atoms with E-state index in [1.54, 1.807) is 11.3 Å². The van der Waals surface area contributed by atoms with E-state index in [0.717, 1.165) is 29.2 Å². The summed E-state index contributed by atoms with van der Waals surface area (Å²) in [6.07, 6.45) is 0.995. The summed E-state index contributed by atoms with van der Waals surface area (Å²) in [6.45, 7) is 5.05. The van der Waals surface area contributed by atoms with Gasteiger partial charge in [-0.1, -0.05) is 13.8 Å². The number of aromatic nitrogens is 2. The van der Waals surface area contributed by atoms with Gasteiger partial charge in [-0.25, -0.2) is 9.97 Å². The average molecular weight is 405 g/mol. The van der Waals surface area contributed by atoms with Crippen molar-refractivity contribution in [3.63, 3.8) is 0 Å². The van der Waals surface area contributed by atoms with Crippen molar-refractivity contribution in [1.82, 2.24) is 9.97 Å². The van der Waals surface area contributed by atoms with E-state index in [4.69, 9.17) is 0 Å². The van der Waals surface area contributed by atoms with Crippen molar-refractivity contribution >= 4 is 49.0 Å². The monoisotopic (exact) mass is 403 g/mol. The smallest absolute Gasteiger partial charge is 0.134 e. The van der Waals surface area contributed by atoms with Crippen molar-refractivity contribution in [3.05, 3.63) is 37.3 Å². The van der Waals surface area contributed by atoms with Crippen LogP contribution >= 0.6 is 43.2 Å². The summed E-state index contributed by atoms with van der Waals surface area (Å²) in [4.78, 5) is 10.2.